The zero-order valence-corrected chi connectivity index (χ0v) is 16.1. The van der Waals surface area contributed by atoms with Gasteiger partial charge in [-0.1, -0.05) is 17.7 Å². The number of hydrogen-bond donors (Lipinski definition) is 2. The summed E-state index contributed by atoms with van der Waals surface area (Å²) in [5, 5.41) is 5.85. The van der Waals surface area contributed by atoms with E-state index in [0.717, 1.165) is 18.4 Å². The molecule has 1 aliphatic heterocycles. The number of carbonyl (C=O) groups excluding carboxylic acids is 3. The predicted molar refractivity (Wildman–Crippen MR) is 103 cm³/mol. The topological polar surface area (TPSA) is 87.7 Å². The highest BCUT2D eigenvalue weighted by Gasteiger charge is 2.24. The maximum atomic E-state index is 12.1. The number of hydrogen-bond acceptors (Lipinski definition) is 4. The molecule has 0 unspecified atom stereocenters. The Kier molecular flexibility index (Phi) is 8.10. The third-order valence-electron chi connectivity index (χ3n) is 4.53. The Morgan fingerprint density at radius 3 is 2.63 bits per heavy atom. The first kappa shape index (κ1) is 20.7. The highest BCUT2D eigenvalue weighted by molar-refractivity contribution is 5.94. The molecule has 7 heteroatoms. The van der Waals surface area contributed by atoms with Crippen LogP contribution < -0.4 is 10.6 Å². The number of carbonyl (C=O) groups is 3. The van der Waals surface area contributed by atoms with E-state index >= 15 is 0 Å². The van der Waals surface area contributed by atoms with Gasteiger partial charge in [0.05, 0.1) is 6.61 Å². The third-order valence-corrected chi connectivity index (χ3v) is 4.53. The predicted octanol–water partition coefficient (Wildman–Crippen LogP) is 2.24. The van der Waals surface area contributed by atoms with Gasteiger partial charge in [0.2, 0.25) is 5.91 Å². The highest BCUT2D eigenvalue weighted by atomic mass is 16.6. The number of nitrogens with one attached hydrogen (secondary N) is 2. The maximum Gasteiger partial charge on any atom is 0.409 e. The molecule has 1 fully saturated rings. The molecule has 0 aliphatic carbocycles. The number of ether oxygens (including phenoxy) is 1. The summed E-state index contributed by atoms with van der Waals surface area (Å²) in [5.74, 6) is -0.139. The van der Waals surface area contributed by atoms with E-state index in [9.17, 15) is 14.4 Å². The first-order valence-electron chi connectivity index (χ1n) is 9.55. The van der Waals surface area contributed by atoms with E-state index in [1.807, 2.05) is 25.1 Å². The van der Waals surface area contributed by atoms with Gasteiger partial charge < -0.3 is 20.3 Å². The average molecular weight is 375 g/mol. The SMILES string of the molecule is CCOC(=O)N1CCC(NC(=O)CCCNC(=O)c2cccc(C)c2)CC1. The van der Waals surface area contributed by atoms with Crippen LogP contribution in [0.4, 0.5) is 4.79 Å². The molecule has 2 N–H and O–H groups in total. The highest BCUT2D eigenvalue weighted by Crippen LogP contribution is 2.12. The van der Waals surface area contributed by atoms with Gasteiger partial charge in [-0.05, 0) is 45.2 Å². The zero-order valence-electron chi connectivity index (χ0n) is 16.1. The first-order chi connectivity index (χ1) is 13.0. The van der Waals surface area contributed by atoms with E-state index < -0.39 is 0 Å². The standard InChI is InChI=1S/C20H29N3O4/c1-3-27-20(26)23-12-9-17(10-13-23)22-18(24)8-5-11-21-19(25)16-7-4-6-15(2)14-16/h4,6-7,14,17H,3,5,8-13H2,1-2H3,(H,21,25)(H,22,24). The average Bonchev–Trinajstić information content (AvgIpc) is 2.66. The molecule has 1 aliphatic rings. The van der Waals surface area contributed by atoms with Crippen molar-refractivity contribution in [1.29, 1.82) is 0 Å². The summed E-state index contributed by atoms with van der Waals surface area (Å²) < 4.78 is 4.99. The van der Waals surface area contributed by atoms with E-state index in [2.05, 4.69) is 10.6 Å². The van der Waals surface area contributed by atoms with Gasteiger partial charge in [0.25, 0.3) is 5.91 Å². The fourth-order valence-electron chi connectivity index (χ4n) is 3.06. The number of nitrogens with zero attached hydrogens (tertiary/aromatic N) is 1. The fraction of sp³-hybridized carbons (Fsp3) is 0.550. The van der Waals surface area contributed by atoms with Crippen LogP contribution in [0.15, 0.2) is 24.3 Å². The maximum absolute atomic E-state index is 12.1. The molecule has 0 bridgehead atoms. The van der Waals surface area contributed by atoms with Crippen molar-refractivity contribution in [3.63, 3.8) is 0 Å². The summed E-state index contributed by atoms with van der Waals surface area (Å²) in [6.45, 7) is 5.75. The van der Waals surface area contributed by atoms with Crippen LogP contribution in [0.1, 0.15) is 48.5 Å². The fourth-order valence-corrected chi connectivity index (χ4v) is 3.06. The Hall–Kier alpha value is -2.57. The van der Waals surface area contributed by atoms with Crippen molar-refractivity contribution in [2.75, 3.05) is 26.2 Å². The quantitative estimate of drug-likeness (QED) is 0.716. The van der Waals surface area contributed by atoms with Crippen molar-refractivity contribution in [3.8, 4) is 0 Å². The van der Waals surface area contributed by atoms with Crippen molar-refractivity contribution in [3.05, 3.63) is 35.4 Å². The van der Waals surface area contributed by atoms with Crippen LogP contribution in [0.25, 0.3) is 0 Å². The minimum absolute atomic E-state index is 0.0191. The van der Waals surface area contributed by atoms with Gasteiger partial charge in [-0.15, -0.1) is 0 Å². The molecular formula is C20H29N3O4. The van der Waals surface area contributed by atoms with Crippen molar-refractivity contribution in [2.24, 2.45) is 0 Å². The van der Waals surface area contributed by atoms with Crippen LogP contribution in [0.5, 0.6) is 0 Å². The molecular weight excluding hydrogens is 346 g/mol. The Morgan fingerprint density at radius 1 is 1.22 bits per heavy atom. The molecule has 0 saturated carbocycles. The van der Waals surface area contributed by atoms with Gasteiger partial charge in [0, 0.05) is 37.7 Å². The molecule has 1 heterocycles. The second kappa shape index (κ2) is 10.5. The molecule has 3 amide bonds. The molecule has 0 spiro atoms. The summed E-state index contributed by atoms with van der Waals surface area (Å²) in [6.07, 6.45) is 2.13. The van der Waals surface area contributed by atoms with E-state index in [-0.39, 0.29) is 23.9 Å². The molecule has 148 valence electrons. The molecule has 0 aromatic heterocycles. The number of aryl methyl sites for hydroxylation is 1. The second-order valence-corrected chi connectivity index (χ2v) is 6.76. The second-order valence-electron chi connectivity index (χ2n) is 6.76. The number of amides is 3. The summed E-state index contributed by atoms with van der Waals surface area (Å²) in [6, 6.07) is 7.50. The van der Waals surface area contributed by atoms with Crippen LogP contribution in [0.3, 0.4) is 0 Å². The van der Waals surface area contributed by atoms with Crippen molar-refractivity contribution in [1.82, 2.24) is 15.5 Å². The number of benzene rings is 1. The zero-order chi connectivity index (χ0) is 19.6. The molecule has 0 radical (unpaired) electrons. The van der Waals surface area contributed by atoms with E-state index in [1.165, 1.54) is 0 Å². The van der Waals surface area contributed by atoms with E-state index in [0.29, 0.717) is 44.6 Å². The lowest BCUT2D eigenvalue weighted by molar-refractivity contribution is -0.122. The number of rotatable bonds is 7. The Morgan fingerprint density at radius 2 is 1.96 bits per heavy atom. The van der Waals surface area contributed by atoms with Crippen molar-refractivity contribution < 1.29 is 19.1 Å². The molecule has 27 heavy (non-hydrogen) atoms. The number of piperidine rings is 1. The lowest BCUT2D eigenvalue weighted by Gasteiger charge is -2.31. The van der Waals surface area contributed by atoms with Crippen molar-refractivity contribution in [2.45, 2.75) is 45.6 Å². The van der Waals surface area contributed by atoms with Gasteiger partial charge in [-0.2, -0.15) is 0 Å². The summed E-state index contributed by atoms with van der Waals surface area (Å²) in [4.78, 5) is 37.4. The molecule has 1 aromatic rings. The van der Waals surface area contributed by atoms with Gasteiger partial charge in [0.15, 0.2) is 0 Å². The molecule has 2 rings (SSSR count). The summed E-state index contributed by atoms with van der Waals surface area (Å²) in [5.41, 5.74) is 1.67. The molecule has 1 saturated heterocycles. The molecule has 7 nitrogen and oxygen atoms in total. The van der Waals surface area contributed by atoms with Crippen LogP contribution in [0, 0.1) is 6.92 Å². The third kappa shape index (κ3) is 6.92. The Labute approximate surface area is 160 Å². The van der Waals surface area contributed by atoms with Gasteiger partial charge in [0.1, 0.15) is 0 Å². The van der Waals surface area contributed by atoms with Gasteiger partial charge in [-0.25, -0.2) is 4.79 Å². The molecule has 0 atom stereocenters. The van der Waals surface area contributed by atoms with Crippen LogP contribution in [-0.4, -0.2) is 55.1 Å². The summed E-state index contributed by atoms with van der Waals surface area (Å²) >= 11 is 0. The number of likely N-dealkylation sites (tertiary alicyclic amines) is 1. The largest absolute Gasteiger partial charge is 0.450 e. The van der Waals surface area contributed by atoms with Crippen LogP contribution in [0.2, 0.25) is 0 Å². The smallest absolute Gasteiger partial charge is 0.409 e. The van der Waals surface area contributed by atoms with E-state index in [4.69, 9.17) is 4.74 Å². The Balaban J connectivity index is 1.60. The Bertz CT molecular complexity index is 654. The minimum Gasteiger partial charge on any atom is -0.450 e. The van der Waals surface area contributed by atoms with E-state index in [1.54, 1.807) is 17.9 Å². The molecule has 1 aromatic carbocycles. The minimum atomic E-state index is -0.286. The van der Waals surface area contributed by atoms with Crippen molar-refractivity contribution >= 4 is 17.9 Å². The monoisotopic (exact) mass is 375 g/mol. The van der Waals surface area contributed by atoms with Gasteiger partial charge in [-0.3, -0.25) is 9.59 Å². The van der Waals surface area contributed by atoms with Crippen LogP contribution >= 0.6 is 0 Å². The lowest BCUT2D eigenvalue weighted by atomic mass is 10.1. The summed E-state index contributed by atoms with van der Waals surface area (Å²) in [7, 11) is 0. The lowest BCUT2D eigenvalue weighted by Crippen LogP contribution is -2.46. The normalized spacial score (nSPS) is 14.5. The van der Waals surface area contributed by atoms with Gasteiger partial charge >= 0.3 is 6.09 Å². The first-order valence-corrected chi connectivity index (χ1v) is 9.55. The van der Waals surface area contributed by atoms with Crippen LogP contribution in [-0.2, 0) is 9.53 Å².